The number of hydrogen-bond acceptors (Lipinski definition) is 5. The van der Waals surface area contributed by atoms with Crippen LogP contribution in [0.3, 0.4) is 0 Å². The van der Waals surface area contributed by atoms with E-state index in [9.17, 15) is 14.7 Å². The van der Waals surface area contributed by atoms with Gasteiger partial charge in [-0.2, -0.15) is 0 Å². The molecule has 8 heteroatoms. The Kier molecular flexibility index (Phi) is 8.36. The lowest BCUT2D eigenvalue weighted by atomic mass is 10.1. The molecule has 0 spiro atoms. The van der Waals surface area contributed by atoms with E-state index in [0.29, 0.717) is 5.56 Å². The Labute approximate surface area is 187 Å². The molecule has 3 rings (SSSR count). The molecule has 0 bridgehead atoms. The molecule has 1 aliphatic heterocycles. The van der Waals surface area contributed by atoms with Gasteiger partial charge in [0.1, 0.15) is 25.7 Å². The van der Waals surface area contributed by atoms with Crippen molar-refractivity contribution < 1.29 is 29.5 Å². The van der Waals surface area contributed by atoms with Gasteiger partial charge in [-0.05, 0) is 43.3 Å². The smallest absolute Gasteiger partial charge is 0.268 e. The number of aliphatic hydroxyl groups excluding tert-OH is 1. The lowest BCUT2D eigenvalue weighted by Crippen LogP contribution is -3.12. The Hall–Kier alpha value is -3.22. The third-order valence-corrected chi connectivity index (χ3v) is 5.27. The van der Waals surface area contributed by atoms with Crippen molar-refractivity contribution in [2.45, 2.75) is 25.6 Å². The van der Waals surface area contributed by atoms with Crippen LogP contribution in [0.15, 0.2) is 48.5 Å². The van der Waals surface area contributed by atoms with Gasteiger partial charge >= 0.3 is 0 Å². The fourth-order valence-electron chi connectivity index (χ4n) is 3.38. The molecule has 0 aromatic heterocycles. The molecule has 0 unspecified atom stereocenters. The summed E-state index contributed by atoms with van der Waals surface area (Å²) in [4.78, 5) is 25.4. The zero-order valence-electron chi connectivity index (χ0n) is 17.9. The van der Waals surface area contributed by atoms with Crippen LogP contribution in [0.5, 0.6) is 0 Å². The molecule has 2 aromatic carbocycles. The van der Waals surface area contributed by atoms with Gasteiger partial charge in [0.15, 0.2) is 0 Å². The quantitative estimate of drug-likeness (QED) is 0.237. The first-order chi connectivity index (χ1) is 15.5. The van der Waals surface area contributed by atoms with Crippen molar-refractivity contribution in [1.82, 2.24) is 10.8 Å². The number of hydrogen-bond donors (Lipinski definition) is 5. The van der Waals surface area contributed by atoms with E-state index in [4.69, 9.17) is 9.94 Å². The molecule has 168 valence electrons. The van der Waals surface area contributed by atoms with Gasteiger partial charge in [-0.15, -0.1) is 0 Å². The zero-order valence-corrected chi connectivity index (χ0v) is 17.9. The maximum atomic E-state index is 12.3. The van der Waals surface area contributed by atoms with Crippen molar-refractivity contribution in [2.24, 2.45) is 0 Å². The highest BCUT2D eigenvalue weighted by Gasteiger charge is 2.25. The second-order valence-electron chi connectivity index (χ2n) is 7.73. The fraction of sp³-hybridized carbons (Fsp3) is 0.333. The Morgan fingerprint density at radius 1 is 1.03 bits per heavy atom. The number of amides is 2. The molecule has 0 saturated carbocycles. The molecule has 1 fully saturated rings. The van der Waals surface area contributed by atoms with Gasteiger partial charge in [-0.25, -0.2) is 5.48 Å². The summed E-state index contributed by atoms with van der Waals surface area (Å²) in [6, 6.07) is 13.5. The topological polar surface area (TPSA) is 112 Å². The number of carbonyl (C=O) groups excluding carboxylic acids is 2. The summed E-state index contributed by atoms with van der Waals surface area (Å²) in [7, 11) is 0. The SMILES string of the molecule is C[C@@H](O)[C@H](NC(=O)c1ccc(C#Cc2ccc(C[NH+]3CCOCC3)cc2)cc1)C(=O)NO. The average molecular weight is 439 g/mol. The van der Waals surface area contributed by atoms with Crippen molar-refractivity contribution in [3.63, 3.8) is 0 Å². The number of nitrogens with one attached hydrogen (secondary N) is 3. The zero-order chi connectivity index (χ0) is 22.9. The van der Waals surface area contributed by atoms with Crippen LogP contribution >= 0.6 is 0 Å². The van der Waals surface area contributed by atoms with E-state index in [1.54, 1.807) is 24.3 Å². The Morgan fingerprint density at radius 3 is 2.12 bits per heavy atom. The highest BCUT2D eigenvalue weighted by molar-refractivity contribution is 5.97. The standard InChI is InChI=1S/C24H27N3O5/c1-17(28)22(24(30)26-31)25-23(29)21-10-8-19(9-11-21)3-2-18-4-6-20(7-5-18)16-27-12-14-32-15-13-27/h4-11,17,22,28,31H,12-16H2,1H3,(H,25,29)(H,26,30)/p+1/t17-,22+/m1/s1. The molecule has 0 aliphatic carbocycles. The third-order valence-electron chi connectivity index (χ3n) is 5.27. The fourth-order valence-corrected chi connectivity index (χ4v) is 3.38. The molecule has 2 aromatic rings. The van der Waals surface area contributed by atoms with E-state index in [0.717, 1.165) is 44.0 Å². The van der Waals surface area contributed by atoms with E-state index < -0.39 is 24.0 Å². The predicted molar refractivity (Wildman–Crippen MR) is 117 cm³/mol. The van der Waals surface area contributed by atoms with E-state index in [1.807, 2.05) is 12.1 Å². The molecule has 1 aliphatic rings. The first-order valence-corrected chi connectivity index (χ1v) is 10.5. The largest absolute Gasteiger partial charge is 0.391 e. The number of carbonyl (C=O) groups is 2. The average Bonchev–Trinajstić information content (AvgIpc) is 2.82. The normalized spacial score (nSPS) is 15.7. The first-order valence-electron chi connectivity index (χ1n) is 10.5. The summed E-state index contributed by atoms with van der Waals surface area (Å²) in [6.07, 6.45) is -1.17. The number of morpholine rings is 1. The van der Waals surface area contributed by atoms with Crippen LogP contribution in [-0.2, 0) is 16.1 Å². The van der Waals surface area contributed by atoms with Gasteiger partial charge in [0.05, 0.1) is 19.3 Å². The highest BCUT2D eigenvalue weighted by Crippen LogP contribution is 2.07. The summed E-state index contributed by atoms with van der Waals surface area (Å²) in [5.41, 5.74) is 4.65. The maximum absolute atomic E-state index is 12.3. The van der Waals surface area contributed by atoms with Gasteiger partial charge in [0.2, 0.25) is 0 Å². The molecule has 0 radical (unpaired) electrons. The number of rotatable bonds is 6. The molecule has 8 nitrogen and oxygen atoms in total. The second kappa shape index (κ2) is 11.4. The Balaban J connectivity index is 1.58. The predicted octanol–water partition coefficient (Wildman–Crippen LogP) is -0.514. The monoisotopic (exact) mass is 438 g/mol. The van der Waals surface area contributed by atoms with Crippen molar-refractivity contribution in [3.8, 4) is 11.8 Å². The maximum Gasteiger partial charge on any atom is 0.268 e. The van der Waals surface area contributed by atoms with Crippen LogP contribution in [0.25, 0.3) is 0 Å². The van der Waals surface area contributed by atoms with E-state index in [-0.39, 0.29) is 0 Å². The summed E-state index contributed by atoms with van der Waals surface area (Å²) >= 11 is 0. The van der Waals surface area contributed by atoms with Crippen LogP contribution in [0.2, 0.25) is 0 Å². The van der Waals surface area contributed by atoms with Crippen molar-refractivity contribution in [3.05, 3.63) is 70.8 Å². The minimum Gasteiger partial charge on any atom is -0.391 e. The van der Waals surface area contributed by atoms with Gasteiger partial charge in [-0.1, -0.05) is 24.0 Å². The minimum absolute atomic E-state index is 0.307. The number of quaternary nitrogens is 1. The lowest BCUT2D eigenvalue weighted by molar-refractivity contribution is -0.921. The van der Waals surface area contributed by atoms with Crippen LogP contribution in [0.4, 0.5) is 0 Å². The van der Waals surface area contributed by atoms with Gasteiger partial charge in [0.25, 0.3) is 11.8 Å². The molecule has 1 saturated heterocycles. The summed E-state index contributed by atoms with van der Waals surface area (Å²) in [5, 5.41) is 20.7. The van der Waals surface area contributed by atoms with Crippen molar-refractivity contribution >= 4 is 11.8 Å². The molecular formula is C24H28N3O5+. The second-order valence-corrected chi connectivity index (χ2v) is 7.73. The number of hydroxylamine groups is 1. The highest BCUT2D eigenvalue weighted by atomic mass is 16.5. The Morgan fingerprint density at radius 2 is 1.59 bits per heavy atom. The number of aliphatic hydroxyl groups is 1. The van der Waals surface area contributed by atoms with Crippen LogP contribution in [0.1, 0.15) is 34.0 Å². The molecular weight excluding hydrogens is 410 g/mol. The third kappa shape index (κ3) is 6.64. The molecule has 2 atom stereocenters. The first kappa shape index (κ1) is 23.4. The number of benzene rings is 2. The summed E-state index contributed by atoms with van der Waals surface area (Å²) in [5.74, 6) is 4.75. The van der Waals surface area contributed by atoms with Gasteiger partial charge in [0, 0.05) is 22.3 Å². The minimum atomic E-state index is -1.26. The van der Waals surface area contributed by atoms with Crippen LogP contribution < -0.4 is 15.7 Å². The van der Waals surface area contributed by atoms with E-state index in [2.05, 4.69) is 29.3 Å². The van der Waals surface area contributed by atoms with Gasteiger partial charge in [-0.3, -0.25) is 14.8 Å². The summed E-state index contributed by atoms with van der Waals surface area (Å²) < 4.78 is 5.39. The lowest BCUT2D eigenvalue weighted by Gasteiger charge is -2.23. The van der Waals surface area contributed by atoms with Gasteiger partial charge < -0.3 is 20.1 Å². The molecule has 1 heterocycles. The molecule has 5 N–H and O–H groups in total. The van der Waals surface area contributed by atoms with Crippen LogP contribution in [-0.4, -0.2) is 60.6 Å². The molecule has 32 heavy (non-hydrogen) atoms. The van der Waals surface area contributed by atoms with Crippen molar-refractivity contribution in [1.29, 1.82) is 0 Å². The molecule has 2 amide bonds. The van der Waals surface area contributed by atoms with Crippen molar-refractivity contribution in [2.75, 3.05) is 26.3 Å². The summed E-state index contributed by atoms with van der Waals surface area (Å²) in [6.45, 7) is 6.02. The van der Waals surface area contributed by atoms with E-state index in [1.165, 1.54) is 22.9 Å². The Bertz CT molecular complexity index is 971. The van der Waals surface area contributed by atoms with E-state index >= 15 is 0 Å². The number of ether oxygens (including phenoxy) is 1. The van der Waals surface area contributed by atoms with Crippen LogP contribution in [0, 0.1) is 11.8 Å².